The van der Waals surface area contributed by atoms with Gasteiger partial charge < -0.3 is 19.3 Å². The molecule has 0 aliphatic heterocycles. The van der Waals surface area contributed by atoms with E-state index in [9.17, 15) is 0 Å². The number of anilines is 2. The van der Waals surface area contributed by atoms with Crippen molar-refractivity contribution in [1.82, 2.24) is 0 Å². The van der Waals surface area contributed by atoms with Crippen LogP contribution in [0.4, 0.5) is 11.4 Å². The Hall–Kier alpha value is -2.57. The summed E-state index contributed by atoms with van der Waals surface area (Å²) in [5, 5.41) is 4.60. The largest absolute Gasteiger partial charge is 0.492 e. The van der Waals surface area contributed by atoms with Crippen molar-refractivity contribution in [2.24, 2.45) is 0 Å². The molecule has 3 aromatic rings. The first-order valence-electron chi connectivity index (χ1n) is 10.3. The highest BCUT2D eigenvalue weighted by molar-refractivity contribution is 7.80. The zero-order valence-electron chi connectivity index (χ0n) is 18.8. The Kier molecular flexibility index (Phi) is 7.57. The molecule has 1 heterocycles. The Bertz CT molecular complexity index is 980. The van der Waals surface area contributed by atoms with Gasteiger partial charge in [-0.1, -0.05) is 39.0 Å². The maximum Gasteiger partial charge on any atom is 0.269 e. The number of likely N-dealkylation sites (N-methyl/N-ethyl adjacent to an activating group) is 1. The smallest absolute Gasteiger partial charge is 0.269 e. The van der Waals surface area contributed by atoms with Crippen molar-refractivity contribution in [3.05, 3.63) is 70.9 Å². The van der Waals surface area contributed by atoms with Gasteiger partial charge in [0.2, 0.25) is 0 Å². The summed E-state index contributed by atoms with van der Waals surface area (Å²) in [5.74, 6) is 1.54. The summed E-state index contributed by atoms with van der Waals surface area (Å²) in [6.45, 7) is 7.98. The number of thiophene rings is 1. The van der Waals surface area contributed by atoms with Crippen LogP contribution in [0.25, 0.3) is 0 Å². The van der Waals surface area contributed by atoms with Gasteiger partial charge in [0.1, 0.15) is 18.1 Å². The Balaban J connectivity index is 1.56. The zero-order valence-corrected chi connectivity index (χ0v) is 20.4. The summed E-state index contributed by atoms with van der Waals surface area (Å²) in [7, 11) is 3.97. The molecule has 0 radical (unpaired) electrons. The third-order valence-corrected chi connectivity index (χ3v) is 6.07. The second kappa shape index (κ2) is 10.2. The molecule has 0 unspecified atom stereocenters. The standard InChI is InChI=1S/C25H30N2O2S2/c1-25(2,3)19-9-11-22(12-10-19)29-24(30)27(5)20-7-6-8-23(17-20)28-15-14-26(4)21-13-16-31-18-21/h6-13,16-18H,14-15H2,1-5H3. The van der Waals surface area contributed by atoms with Gasteiger partial charge in [-0.25, -0.2) is 0 Å². The van der Waals surface area contributed by atoms with Crippen LogP contribution in [0.15, 0.2) is 65.4 Å². The van der Waals surface area contributed by atoms with Gasteiger partial charge in [0.05, 0.1) is 6.54 Å². The summed E-state index contributed by atoms with van der Waals surface area (Å²) in [4.78, 5) is 4.03. The van der Waals surface area contributed by atoms with E-state index >= 15 is 0 Å². The molecule has 0 fully saturated rings. The minimum atomic E-state index is 0.106. The lowest BCUT2D eigenvalue weighted by Crippen LogP contribution is -2.29. The molecule has 1 aromatic heterocycles. The van der Waals surface area contributed by atoms with Crippen LogP contribution < -0.4 is 19.3 Å². The van der Waals surface area contributed by atoms with Gasteiger partial charge >= 0.3 is 0 Å². The van der Waals surface area contributed by atoms with Gasteiger partial charge in [-0.15, -0.1) is 0 Å². The fourth-order valence-corrected chi connectivity index (χ4v) is 3.88. The van der Waals surface area contributed by atoms with Crippen LogP contribution in [-0.4, -0.2) is 32.4 Å². The van der Waals surface area contributed by atoms with E-state index in [4.69, 9.17) is 21.7 Å². The molecular formula is C25H30N2O2S2. The first-order valence-corrected chi connectivity index (χ1v) is 11.6. The van der Waals surface area contributed by atoms with E-state index in [1.807, 2.05) is 48.3 Å². The van der Waals surface area contributed by atoms with E-state index < -0.39 is 0 Å². The molecule has 0 atom stereocenters. The number of ether oxygens (including phenoxy) is 2. The number of hydrogen-bond donors (Lipinski definition) is 0. The maximum absolute atomic E-state index is 5.96. The minimum absolute atomic E-state index is 0.106. The zero-order chi connectivity index (χ0) is 22.4. The van der Waals surface area contributed by atoms with Crippen molar-refractivity contribution in [1.29, 1.82) is 0 Å². The predicted molar refractivity (Wildman–Crippen MR) is 136 cm³/mol. The molecule has 164 valence electrons. The van der Waals surface area contributed by atoms with Crippen LogP contribution in [0.3, 0.4) is 0 Å². The molecule has 3 rings (SSSR count). The number of benzene rings is 2. The third kappa shape index (κ3) is 6.45. The summed E-state index contributed by atoms with van der Waals surface area (Å²) < 4.78 is 11.9. The van der Waals surface area contributed by atoms with Gasteiger partial charge in [-0.05, 0) is 58.9 Å². The highest BCUT2D eigenvalue weighted by atomic mass is 32.1. The fraction of sp³-hybridized carbons (Fsp3) is 0.320. The van der Waals surface area contributed by atoms with E-state index in [0.29, 0.717) is 11.8 Å². The summed E-state index contributed by atoms with van der Waals surface area (Å²) >= 11 is 7.21. The lowest BCUT2D eigenvalue weighted by molar-refractivity contribution is 0.326. The molecule has 0 saturated heterocycles. The first-order chi connectivity index (χ1) is 14.7. The van der Waals surface area contributed by atoms with Crippen molar-refractivity contribution in [2.75, 3.05) is 37.0 Å². The number of hydrogen-bond acceptors (Lipinski definition) is 5. The van der Waals surface area contributed by atoms with Gasteiger partial charge in [0.15, 0.2) is 0 Å². The maximum atomic E-state index is 5.96. The molecular weight excluding hydrogens is 424 g/mol. The number of nitrogens with zero attached hydrogens (tertiary/aromatic N) is 2. The van der Waals surface area contributed by atoms with Gasteiger partial charge in [-0.3, -0.25) is 0 Å². The second-order valence-electron chi connectivity index (χ2n) is 8.45. The van der Waals surface area contributed by atoms with Crippen LogP contribution in [0.2, 0.25) is 0 Å². The highest BCUT2D eigenvalue weighted by Crippen LogP contribution is 2.26. The monoisotopic (exact) mass is 454 g/mol. The molecule has 2 aromatic carbocycles. The molecule has 0 spiro atoms. The van der Waals surface area contributed by atoms with E-state index in [0.717, 1.165) is 23.7 Å². The van der Waals surface area contributed by atoms with Gasteiger partial charge in [0.25, 0.3) is 5.17 Å². The van der Waals surface area contributed by atoms with Crippen molar-refractivity contribution in [3.8, 4) is 11.5 Å². The molecule has 0 bridgehead atoms. The van der Waals surface area contributed by atoms with Crippen molar-refractivity contribution in [3.63, 3.8) is 0 Å². The SMILES string of the molecule is CN(CCOc1cccc(N(C)C(=S)Oc2ccc(C(C)(C)C)cc2)c1)c1ccsc1. The third-order valence-electron chi connectivity index (χ3n) is 5.05. The van der Waals surface area contributed by atoms with E-state index in [1.54, 1.807) is 11.3 Å². The lowest BCUT2D eigenvalue weighted by Gasteiger charge is -2.22. The topological polar surface area (TPSA) is 24.9 Å². The van der Waals surface area contributed by atoms with Crippen molar-refractivity contribution >= 4 is 40.1 Å². The second-order valence-corrected chi connectivity index (χ2v) is 9.58. The van der Waals surface area contributed by atoms with Crippen molar-refractivity contribution < 1.29 is 9.47 Å². The van der Waals surface area contributed by atoms with Crippen LogP contribution >= 0.6 is 23.6 Å². The van der Waals surface area contributed by atoms with E-state index in [1.165, 1.54) is 11.3 Å². The number of rotatable bonds is 7. The van der Waals surface area contributed by atoms with E-state index in [2.05, 4.69) is 61.7 Å². The Labute approximate surface area is 195 Å². The summed E-state index contributed by atoms with van der Waals surface area (Å²) in [6.07, 6.45) is 0. The van der Waals surface area contributed by atoms with Gasteiger partial charge in [-0.2, -0.15) is 11.3 Å². The van der Waals surface area contributed by atoms with Crippen LogP contribution in [0.5, 0.6) is 11.5 Å². The van der Waals surface area contributed by atoms with E-state index in [-0.39, 0.29) is 5.41 Å². The quantitative estimate of drug-likeness (QED) is 0.387. The molecule has 0 aliphatic carbocycles. The minimum Gasteiger partial charge on any atom is -0.492 e. The van der Waals surface area contributed by atoms with Gasteiger partial charge in [0, 0.05) is 36.9 Å². The fourth-order valence-electron chi connectivity index (χ4n) is 2.98. The number of thiocarbonyl (C=S) groups is 1. The average Bonchev–Trinajstić information content (AvgIpc) is 3.28. The molecule has 6 heteroatoms. The molecule has 4 nitrogen and oxygen atoms in total. The molecule has 0 N–H and O–H groups in total. The van der Waals surface area contributed by atoms with Crippen molar-refractivity contribution in [2.45, 2.75) is 26.2 Å². The average molecular weight is 455 g/mol. The Morgan fingerprint density at radius 3 is 2.35 bits per heavy atom. The molecule has 31 heavy (non-hydrogen) atoms. The Morgan fingerprint density at radius 1 is 0.968 bits per heavy atom. The van der Waals surface area contributed by atoms with Crippen LogP contribution in [-0.2, 0) is 5.41 Å². The predicted octanol–water partition coefficient (Wildman–Crippen LogP) is 6.36. The highest BCUT2D eigenvalue weighted by Gasteiger charge is 2.14. The Morgan fingerprint density at radius 2 is 1.71 bits per heavy atom. The first kappa shape index (κ1) is 23.1. The summed E-state index contributed by atoms with van der Waals surface area (Å²) in [5.41, 5.74) is 3.49. The molecule has 0 saturated carbocycles. The molecule has 0 aliphatic rings. The molecule has 0 amide bonds. The summed E-state index contributed by atoms with van der Waals surface area (Å²) in [6, 6.07) is 18.1. The normalized spacial score (nSPS) is 11.1. The van der Waals surface area contributed by atoms with Crippen LogP contribution in [0.1, 0.15) is 26.3 Å². The lowest BCUT2D eigenvalue weighted by atomic mass is 9.87. The van der Waals surface area contributed by atoms with Crippen LogP contribution in [0, 0.1) is 0 Å².